The van der Waals surface area contributed by atoms with E-state index in [0.717, 1.165) is 5.56 Å². The zero-order valence-electron chi connectivity index (χ0n) is 19.3. The molecule has 32 heavy (non-hydrogen) atoms. The Balaban J connectivity index is 1.66. The van der Waals surface area contributed by atoms with E-state index in [-0.39, 0.29) is 18.2 Å². The largest absolute Gasteiger partial charge is 0.384 e. The monoisotopic (exact) mass is 482 g/mol. The van der Waals surface area contributed by atoms with Crippen LogP contribution in [-0.4, -0.2) is 59.1 Å². The summed E-state index contributed by atoms with van der Waals surface area (Å²) >= 11 is 12.2. The first-order chi connectivity index (χ1) is 14.8. The molecule has 0 saturated carbocycles. The predicted octanol–water partition coefficient (Wildman–Crippen LogP) is 2.97. The van der Waals surface area contributed by atoms with Crippen molar-refractivity contribution >= 4 is 35.0 Å². The van der Waals surface area contributed by atoms with Crippen LogP contribution in [0.25, 0.3) is 0 Å². The van der Waals surface area contributed by atoms with E-state index in [1.54, 1.807) is 29.1 Å². The van der Waals surface area contributed by atoms with E-state index in [0.29, 0.717) is 41.8 Å². The zero-order chi connectivity index (χ0) is 23.9. The molecule has 1 fully saturated rings. The molecule has 0 spiro atoms. The third-order valence-corrected chi connectivity index (χ3v) is 7.21. The van der Waals surface area contributed by atoms with E-state index in [1.807, 2.05) is 39.8 Å². The summed E-state index contributed by atoms with van der Waals surface area (Å²) in [4.78, 5) is 27.6. The van der Waals surface area contributed by atoms with Crippen molar-refractivity contribution in [1.82, 2.24) is 20.7 Å². The minimum absolute atomic E-state index is 0.0664. The van der Waals surface area contributed by atoms with Gasteiger partial charge in [-0.25, -0.2) is 5.43 Å². The van der Waals surface area contributed by atoms with E-state index in [2.05, 4.69) is 10.7 Å². The number of nitrogens with one attached hydrogen (secondary N) is 2. The average Bonchev–Trinajstić information content (AvgIpc) is 3.02. The van der Waals surface area contributed by atoms with Gasteiger partial charge in [0.25, 0.3) is 5.91 Å². The highest BCUT2D eigenvalue weighted by molar-refractivity contribution is 6.31. The number of hydrogen-bond acceptors (Lipinski definition) is 5. The zero-order valence-corrected chi connectivity index (χ0v) is 20.8. The number of nitrogens with zero attached hydrogens (tertiary/aromatic N) is 2. The molecule has 2 heterocycles. The third-order valence-electron chi connectivity index (χ3n) is 6.48. The number of amides is 2. The standard InChI is InChI=1S/C23H32Cl2N4O3/c1-21(2)14-29(11-10-23(21,32)15-6-8-16(24)9-7-15)18(30)12-22(3,4)27-20(31)17-13-26-28(5)19(17)25/h6-9,26,32H,10-14H2,1-5H3,(H,27,31)/t23-/m0/s1. The van der Waals surface area contributed by atoms with E-state index in [1.165, 1.54) is 0 Å². The summed E-state index contributed by atoms with van der Waals surface area (Å²) < 4.78 is 0. The van der Waals surface area contributed by atoms with Crippen molar-refractivity contribution < 1.29 is 14.7 Å². The fraction of sp³-hybridized carbons (Fsp3) is 0.565. The van der Waals surface area contributed by atoms with Crippen molar-refractivity contribution in [3.8, 4) is 0 Å². The van der Waals surface area contributed by atoms with Crippen molar-refractivity contribution in [2.75, 3.05) is 26.7 Å². The van der Waals surface area contributed by atoms with Gasteiger partial charge in [0.05, 0.1) is 11.2 Å². The fourth-order valence-corrected chi connectivity index (χ4v) is 4.77. The van der Waals surface area contributed by atoms with Crippen LogP contribution in [0.5, 0.6) is 0 Å². The van der Waals surface area contributed by atoms with Crippen molar-refractivity contribution in [3.05, 3.63) is 45.6 Å². The molecule has 1 aromatic rings. The lowest BCUT2D eigenvalue weighted by Gasteiger charge is -2.51. The Morgan fingerprint density at radius 2 is 1.84 bits per heavy atom. The number of rotatable bonds is 5. The van der Waals surface area contributed by atoms with Gasteiger partial charge >= 0.3 is 0 Å². The number of hydrogen-bond donors (Lipinski definition) is 3. The van der Waals surface area contributed by atoms with Gasteiger partial charge in [0.15, 0.2) is 0 Å². The highest BCUT2D eigenvalue weighted by Crippen LogP contribution is 2.46. The van der Waals surface area contributed by atoms with Gasteiger partial charge in [0.1, 0.15) is 5.16 Å². The average molecular weight is 483 g/mol. The molecular formula is C23H32Cl2N4O3. The van der Waals surface area contributed by atoms with Crippen molar-refractivity contribution in [2.45, 2.75) is 51.7 Å². The maximum Gasteiger partial charge on any atom is 0.252 e. The normalized spacial score (nSPS) is 23.5. The minimum atomic E-state index is -1.07. The Bertz CT molecular complexity index is 930. The van der Waals surface area contributed by atoms with Crippen molar-refractivity contribution in [1.29, 1.82) is 0 Å². The third kappa shape index (κ3) is 4.91. The number of halogens is 2. The molecule has 0 aliphatic carbocycles. The molecule has 7 nitrogen and oxygen atoms in total. The van der Waals surface area contributed by atoms with Crippen LogP contribution in [0.3, 0.4) is 0 Å². The second kappa shape index (κ2) is 8.86. The van der Waals surface area contributed by atoms with Gasteiger partial charge in [-0.05, 0) is 38.0 Å². The molecule has 176 valence electrons. The Kier molecular flexibility index (Phi) is 6.87. The summed E-state index contributed by atoms with van der Waals surface area (Å²) in [6.07, 6.45) is 0.559. The maximum atomic E-state index is 13.1. The van der Waals surface area contributed by atoms with Gasteiger partial charge in [-0.1, -0.05) is 49.2 Å². The Morgan fingerprint density at radius 3 is 2.38 bits per heavy atom. The SMILES string of the molecule is CN1NCC(C(=O)NC(C)(C)CC(=O)N2CC[C@](O)(c3ccc(Cl)cc3)C(C)(C)C2)=C1Cl. The predicted molar refractivity (Wildman–Crippen MR) is 126 cm³/mol. The van der Waals surface area contributed by atoms with Crippen LogP contribution < -0.4 is 10.7 Å². The molecule has 2 aliphatic rings. The topological polar surface area (TPSA) is 84.9 Å². The smallest absolute Gasteiger partial charge is 0.252 e. The van der Waals surface area contributed by atoms with Gasteiger partial charge in [-0.15, -0.1) is 0 Å². The Morgan fingerprint density at radius 1 is 1.22 bits per heavy atom. The maximum absolute atomic E-state index is 13.1. The molecule has 0 unspecified atom stereocenters. The quantitative estimate of drug-likeness (QED) is 0.561. The summed E-state index contributed by atoms with van der Waals surface area (Å²) in [5.41, 5.74) is 1.82. The van der Waals surface area contributed by atoms with Crippen LogP contribution >= 0.6 is 23.2 Å². The van der Waals surface area contributed by atoms with Crippen LogP contribution in [0.1, 0.15) is 46.1 Å². The van der Waals surface area contributed by atoms with E-state index < -0.39 is 16.6 Å². The number of benzene rings is 1. The van der Waals surface area contributed by atoms with Gasteiger partial charge in [0.2, 0.25) is 5.91 Å². The van der Waals surface area contributed by atoms with Crippen molar-refractivity contribution in [3.63, 3.8) is 0 Å². The highest BCUT2D eigenvalue weighted by Gasteiger charge is 2.49. The summed E-state index contributed by atoms with van der Waals surface area (Å²) in [5, 5.41) is 17.0. The van der Waals surface area contributed by atoms with Crippen molar-refractivity contribution in [2.24, 2.45) is 5.41 Å². The van der Waals surface area contributed by atoms with E-state index >= 15 is 0 Å². The summed E-state index contributed by atoms with van der Waals surface area (Å²) in [6, 6.07) is 7.23. The summed E-state index contributed by atoms with van der Waals surface area (Å²) in [7, 11) is 1.74. The van der Waals surface area contributed by atoms with Crippen LogP contribution in [0, 0.1) is 5.41 Å². The number of carbonyl (C=O) groups is 2. The molecule has 0 aromatic heterocycles. The van der Waals surface area contributed by atoms with Gasteiger partial charge in [0, 0.05) is 49.1 Å². The highest BCUT2D eigenvalue weighted by atomic mass is 35.5. The van der Waals surface area contributed by atoms with E-state index in [4.69, 9.17) is 23.2 Å². The molecular weight excluding hydrogens is 451 g/mol. The molecule has 3 rings (SSSR count). The molecule has 1 saturated heterocycles. The lowest BCUT2D eigenvalue weighted by atomic mass is 9.66. The van der Waals surface area contributed by atoms with Crippen LogP contribution in [-0.2, 0) is 15.2 Å². The fourth-order valence-electron chi connectivity index (χ4n) is 4.43. The summed E-state index contributed by atoms with van der Waals surface area (Å²) in [6.45, 7) is 8.75. The number of piperidine rings is 1. The second-order valence-corrected chi connectivity index (χ2v) is 10.8. The number of aliphatic hydroxyl groups is 1. The Labute approximate surface area is 199 Å². The number of likely N-dealkylation sites (tertiary alicyclic amines) is 1. The molecule has 1 aromatic carbocycles. The second-order valence-electron chi connectivity index (χ2n) is 9.99. The molecule has 1 atom stereocenters. The number of carbonyl (C=O) groups excluding carboxylic acids is 2. The molecule has 0 radical (unpaired) electrons. The first-order valence-corrected chi connectivity index (χ1v) is 11.5. The summed E-state index contributed by atoms with van der Waals surface area (Å²) in [5.74, 6) is -0.357. The lowest BCUT2D eigenvalue weighted by molar-refractivity contribution is -0.154. The number of hydrazine groups is 1. The minimum Gasteiger partial charge on any atom is -0.384 e. The lowest BCUT2D eigenvalue weighted by Crippen LogP contribution is -2.58. The Hall–Kier alpha value is -1.80. The van der Waals surface area contributed by atoms with Gasteiger partial charge in [-0.3, -0.25) is 9.59 Å². The molecule has 2 amide bonds. The van der Waals surface area contributed by atoms with Crippen LogP contribution in [0.4, 0.5) is 0 Å². The first kappa shape index (κ1) is 24.8. The van der Waals surface area contributed by atoms with Gasteiger partial charge < -0.3 is 20.3 Å². The molecule has 2 aliphatic heterocycles. The molecule has 3 N–H and O–H groups in total. The van der Waals surface area contributed by atoms with Crippen LogP contribution in [0.2, 0.25) is 5.02 Å². The van der Waals surface area contributed by atoms with E-state index in [9.17, 15) is 14.7 Å². The molecule has 0 bridgehead atoms. The van der Waals surface area contributed by atoms with Crippen LogP contribution in [0.15, 0.2) is 35.0 Å². The first-order valence-electron chi connectivity index (χ1n) is 10.7. The van der Waals surface area contributed by atoms with Gasteiger partial charge in [-0.2, -0.15) is 0 Å². The molecule has 9 heteroatoms.